The van der Waals surface area contributed by atoms with E-state index in [1.54, 1.807) is 23.1 Å². The summed E-state index contributed by atoms with van der Waals surface area (Å²) < 4.78 is 24.7. The summed E-state index contributed by atoms with van der Waals surface area (Å²) in [6.07, 6.45) is 1.42. The quantitative estimate of drug-likeness (QED) is 0.670. The number of rotatable bonds is 5. The van der Waals surface area contributed by atoms with Crippen LogP contribution in [0.1, 0.15) is 36.0 Å². The lowest BCUT2D eigenvalue weighted by molar-refractivity contribution is 0.192. The normalized spacial score (nSPS) is 14.5. The molecule has 30 heavy (non-hydrogen) atoms. The molecule has 0 bridgehead atoms. The van der Waals surface area contributed by atoms with Crippen molar-refractivity contribution < 1.29 is 18.4 Å². The fourth-order valence-electron chi connectivity index (χ4n) is 3.37. The summed E-state index contributed by atoms with van der Waals surface area (Å²) in [5.41, 5.74) is 1.34. The smallest absolute Gasteiger partial charge is 0.321 e. The van der Waals surface area contributed by atoms with E-state index >= 15 is 0 Å². The Bertz CT molecular complexity index is 998. The Morgan fingerprint density at radius 1 is 1.20 bits per heavy atom. The van der Waals surface area contributed by atoms with Crippen LogP contribution in [0.3, 0.4) is 0 Å². The van der Waals surface area contributed by atoms with Gasteiger partial charge in [-0.2, -0.15) is 4.98 Å². The number of halogens is 1. The number of amides is 2. The first-order valence-electron chi connectivity index (χ1n) is 9.91. The van der Waals surface area contributed by atoms with Crippen LogP contribution in [0, 0.1) is 12.7 Å². The number of hydrogen-bond donors (Lipinski definition) is 1. The van der Waals surface area contributed by atoms with Gasteiger partial charge in [-0.15, -0.1) is 0 Å². The molecule has 0 unspecified atom stereocenters. The van der Waals surface area contributed by atoms with Gasteiger partial charge in [0, 0.05) is 19.0 Å². The van der Waals surface area contributed by atoms with Gasteiger partial charge in [0.15, 0.2) is 12.4 Å². The largest absolute Gasteiger partial charge is 0.484 e. The SMILES string of the molecule is Cc1ccc(OCc2nc(C3CCN(C(=O)Nc4ccccc4F)CC3)no2)cc1. The van der Waals surface area contributed by atoms with E-state index in [0.717, 1.165) is 11.3 Å². The average Bonchev–Trinajstić information content (AvgIpc) is 3.24. The summed E-state index contributed by atoms with van der Waals surface area (Å²) in [6, 6.07) is 13.6. The second kappa shape index (κ2) is 8.94. The molecule has 1 fully saturated rings. The fraction of sp³-hybridized carbons (Fsp3) is 0.318. The second-order valence-corrected chi connectivity index (χ2v) is 7.32. The lowest BCUT2D eigenvalue weighted by Gasteiger charge is -2.30. The number of urea groups is 1. The first-order valence-corrected chi connectivity index (χ1v) is 9.91. The van der Waals surface area contributed by atoms with Crippen molar-refractivity contribution in [2.75, 3.05) is 18.4 Å². The van der Waals surface area contributed by atoms with E-state index in [4.69, 9.17) is 9.26 Å². The number of para-hydroxylation sites is 1. The highest BCUT2D eigenvalue weighted by atomic mass is 19.1. The Hall–Kier alpha value is -3.42. The van der Waals surface area contributed by atoms with Crippen LogP contribution in [0.2, 0.25) is 0 Å². The molecule has 3 aromatic rings. The van der Waals surface area contributed by atoms with Gasteiger partial charge in [0.05, 0.1) is 5.69 Å². The fourth-order valence-corrected chi connectivity index (χ4v) is 3.37. The summed E-state index contributed by atoms with van der Waals surface area (Å²) >= 11 is 0. The van der Waals surface area contributed by atoms with Gasteiger partial charge in [-0.05, 0) is 44.0 Å². The van der Waals surface area contributed by atoms with Crippen molar-refractivity contribution in [1.82, 2.24) is 15.0 Å². The number of nitrogens with zero attached hydrogens (tertiary/aromatic N) is 3. The molecule has 0 aliphatic carbocycles. The molecule has 4 rings (SSSR count). The predicted molar refractivity (Wildman–Crippen MR) is 109 cm³/mol. The van der Waals surface area contributed by atoms with Crippen molar-refractivity contribution in [2.24, 2.45) is 0 Å². The number of piperidine rings is 1. The van der Waals surface area contributed by atoms with Gasteiger partial charge < -0.3 is 19.5 Å². The van der Waals surface area contributed by atoms with Crippen LogP contribution >= 0.6 is 0 Å². The van der Waals surface area contributed by atoms with Crippen molar-refractivity contribution >= 4 is 11.7 Å². The van der Waals surface area contributed by atoms with Gasteiger partial charge in [-0.3, -0.25) is 0 Å². The summed E-state index contributed by atoms with van der Waals surface area (Å²) in [7, 11) is 0. The Balaban J connectivity index is 1.27. The van der Waals surface area contributed by atoms with Crippen molar-refractivity contribution in [2.45, 2.75) is 32.3 Å². The lowest BCUT2D eigenvalue weighted by atomic mass is 9.96. The van der Waals surface area contributed by atoms with Crippen LogP contribution in [0.4, 0.5) is 14.9 Å². The number of nitrogens with one attached hydrogen (secondary N) is 1. The molecule has 0 atom stereocenters. The third-order valence-electron chi connectivity index (χ3n) is 5.13. The minimum Gasteiger partial charge on any atom is -0.484 e. The highest BCUT2D eigenvalue weighted by Gasteiger charge is 2.27. The van der Waals surface area contributed by atoms with Gasteiger partial charge in [-0.1, -0.05) is 35.0 Å². The maximum absolute atomic E-state index is 13.7. The molecular weight excluding hydrogens is 387 g/mol. The Morgan fingerprint density at radius 3 is 2.67 bits per heavy atom. The maximum Gasteiger partial charge on any atom is 0.321 e. The molecule has 0 radical (unpaired) electrons. The summed E-state index contributed by atoms with van der Waals surface area (Å²) in [5, 5.41) is 6.70. The molecule has 156 valence electrons. The zero-order chi connectivity index (χ0) is 20.9. The Morgan fingerprint density at radius 2 is 1.93 bits per heavy atom. The molecule has 1 N–H and O–H groups in total. The lowest BCUT2D eigenvalue weighted by Crippen LogP contribution is -2.40. The standard InChI is InChI=1S/C22H23FN4O3/c1-15-6-8-17(9-7-15)29-14-20-25-21(26-30-20)16-10-12-27(13-11-16)22(28)24-19-5-3-2-4-18(19)23/h2-9,16H,10-14H2,1H3,(H,24,28). The first kappa shape index (κ1) is 19.9. The van der Waals surface area contributed by atoms with Crippen molar-refractivity contribution in [3.63, 3.8) is 0 Å². The molecule has 8 heteroatoms. The van der Waals surface area contributed by atoms with E-state index in [1.807, 2.05) is 31.2 Å². The molecule has 0 saturated carbocycles. The van der Waals surface area contributed by atoms with Crippen LogP contribution in [0.25, 0.3) is 0 Å². The number of aryl methyl sites for hydroxylation is 1. The van der Waals surface area contributed by atoms with Crippen molar-refractivity contribution in [3.8, 4) is 5.75 Å². The number of hydrogen-bond acceptors (Lipinski definition) is 5. The summed E-state index contributed by atoms with van der Waals surface area (Å²) in [6.45, 7) is 3.30. The number of benzene rings is 2. The molecule has 1 aliphatic heterocycles. The van der Waals surface area contributed by atoms with E-state index in [1.165, 1.54) is 6.07 Å². The molecule has 1 aromatic heterocycles. The monoisotopic (exact) mass is 410 g/mol. The number of likely N-dealkylation sites (tertiary alicyclic amines) is 1. The average molecular weight is 410 g/mol. The first-order chi connectivity index (χ1) is 14.6. The molecule has 2 amide bonds. The van der Waals surface area contributed by atoms with E-state index in [2.05, 4.69) is 15.5 Å². The predicted octanol–water partition coefficient (Wildman–Crippen LogP) is 4.51. The van der Waals surface area contributed by atoms with Crippen LogP contribution in [-0.2, 0) is 6.61 Å². The Kier molecular flexibility index (Phi) is 5.92. The maximum atomic E-state index is 13.7. The summed E-state index contributed by atoms with van der Waals surface area (Å²) in [4.78, 5) is 18.5. The third kappa shape index (κ3) is 4.76. The number of ether oxygens (including phenoxy) is 1. The molecule has 1 aliphatic rings. The van der Waals surface area contributed by atoms with Gasteiger partial charge in [-0.25, -0.2) is 9.18 Å². The van der Waals surface area contributed by atoms with Crippen molar-refractivity contribution in [1.29, 1.82) is 0 Å². The van der Waals surface area contributed by atoms with Crippen LogP contribution in [0.5, 0.6) is 5.75 Å². The van der Waals surface area contributed by atoms with Gasteiger partial charge in [0.1, 0.15) is 11.6 Å². The molecule has 1 saturated heterocycles. The van der Waals surface area contributed by atoms with Crippen LogP contribution in [-0.4, -0.2) is 34.2 Å². The number of aromatic nitrogens is 2. The van der Waals surface area contributed by atoms with E-state index in [-0.39, 0.29) is 24.2 Å². The number of carbonyl (C=O) groups is 1. The minimum atomic E-state index is -0.451. The topological polar surface area (TPSA) is 80.5 Å². The van der Waals surface area contributed by atoms with Gasteiger partial charge in [0.2, 0.25) is 0 Å². The summed E-state index contributed by atoms with van der Waals surface area (Å²) in [5.74, 6) is 1.46. The zero-order valence-electron chi connectivity index (χ0n) is 16.7. The number of carbonyl (C=O) groups excluding carboxylic acids is 1. The van der Waals surface area contributed by atoms with Gasteiger partial charge >= 0.3 is 6.03 Å². The van der Waals surface area contributed by atoms with Gasteiger partial charge in [0.25, 0.3) is 5.89 Å². The van der Waals surface area contributed by atoms with E-state index < -0.39 is 5.82 Å². The minimum absolute atomic E-state index is 0.111. The van der Waals surface area contributed by atoms with Crippen molar-refractivity contribution in [3.05, 3.63) is 71.6 Å². The zero-order valence-corrected chi connectivity index (χ0v) is 16.7. The highest BCUT2D eigenvalue weighted by Crippen LogP contribution is 2.27. The highest BCUT2D eigenvalue weighted by molar-refractivity contribution is 5.89. The van der Waals surface area contributed by atoms with E-state index in [0.29, 0.717) is 37.6 Å². The van der Waals surface area contributed by atoms with Crippen LogP contribution < -0.4 is 10.1 Å². The second-order valence-electron chi connectivity index (χ2n) is 7.32. The third-order valence-corrected chi connectivity index (χ3v) is 5.13. The van der Waals surface area contributed by atoms with E-state index in [9.17, 15) is 9.18 Å². The molecular formula is C22H23FN4O3. The number of anilines is 1. The molecule has 2 aromatic carbocycles. The molecule has 7 nitrogen and oxygen atoms in total. The Labute approximate surface area is 173 Å². The molecule has 2 heterocycles. The molecule has 0 spiro atoms. The van der Waals surface area contributed by atoms with Crippen LogP contribution in [0.15, 0.2) is 53.1 Å².